The van der Waals surface area contributed by atoms with Gasteiger partial charge in [-0.15, -0.1) is 0 Å². The molecular weight excluding hydrogens is 454 g/mol. The average molecular weight is 477 g/mol. The molecular formula is C23H23ClF2N4O3. The van der Waals surface area contributed by atoms with Crippen molar-refractivity contribution in [2.45, 2.75) is 25.4 Å². The first-order valence-corrected chi connectivity index (χ1v) is 10.5. The van der Waals surface area contributed by atoms with E-state index in [1.165, 1.54) is 30.5 Å². The van der Waals surface area contributed by atoms with Crippen LogP contribution in [0.4, 0.5) is 19.3 Å². The van der Waals surface area contributed by atoms with Gasteiger partial charge in [-0.25, -0.2) is 13.6 Å². The number of ether oxygens (including phenoxy) is 1. The second kappa shape index (κ2) is 9.99. The fourth-order valence-corrected chi connectivity index (χ4v) is 3.38. The quantitative estimate of drug-likeness (QED) is 0.409. The number of alkyl carbamates (subject to hydrolysis) is 1. The molecule has 2 atom stereocenters. The second-order valence-corrected chi connectivity index (χ2v) is 7.91. The maximum atomic E-state index is 13.0. The van der Waals surface area contributed by atoms with Gasteiger partial charge in [-0.2, -0.15) is 0 Å². The van der Waals surface area contributed by atoms with Gasteiger partial charge in [0.1, 0.15) is 12.0 Å². The Morgan fingerprint density at radius 3 is 2.42 bits per heavy atom. The summed E-state index contributed by atoms with van der Waals surface area (Å²) in [6.45, 7) is 1.68. The van der Waals surface area contributed by atoms with Crippen molar-refractivity contribution in [3.63, 3.8) is 0 Å². The molecule has 7 nitrogen and oxygen atoms in total. The Balaban J connectivity index is 1.62. The molecule has 3 rings (SSSR count). The highest BCUT2D eigenvalue weighted by Crippen LogP contribution is 2.49. The minimum Gasteiger partial charge on any atom is -0.441 e. The zero-order valence-corrected chi connectivity index (χ0v) is 18.7. The Morgan fingerprint density at radius 2 is 1.85 bits per heavy atom. The number of rotatable bonds is 8. The molecule has 0 heterocycles. The van der Waals surface area contributed by atoms with Crippen LogP contribution in [0.2, 0.25) is 5.02 Å². The van der Waals surface area contributed by atoms with Crippen LogP contribution >= 0.6 is 11.6 Å². The van der Waals surface area contributed by atoms with Crippen LogP contribution in [0.25, 0.3) is 0 Å². The Morgan fingerprint density at radius 1 is 1.21 bits per heavy atom. The number of amides is 2. The standard InChI is InChI=1S/C23H23ClF2N4O3/c1-13(16-5-3-4-6-18(16)24)33-22(32)30-19(12-28-2)20(27)14-7-9-15(10-8-14)29-21(31)17-11-23(17,25)26/h3-10,12-13,17,27-28H,11H2,1-2H3,(H,29,31)(H,30,32)/b19-12+,27-20?. The second-order valence-electron chi connectivity index (χ2n) is 7.50. The lowest BCUT2D eigenvalue weighted by atomic mass is 10.1. The van der Waals surface area contributed by atoms with Crippen LogP contribution in [0.1, 0.15) is 30.6 Å². The van der Waals surface area contributed by atoms with E-state index < -0.39 is 36.4 Å². The maximum Gasteiger partial charge on any atom is 0.412 e. The van der Waals surface area contributed by atoms with Crippen LogP contribution in [-0.4, -0.2) is 30.7 Å². The molecule has 2 amide bonds. The fourth-order valence-electron chi connectivity index (χ4n) is 3.09. The number of halogens is 3. The summed E-state index contributed by atoms with van der Waals surface area (Å²) in [5.74, 6) is -4.98. The summed E-state index contributed by atoms with van der Waals surface area (Å²) in [4.78, 5) is 24.2. The van der Waals surface area contributed by atoms with Crippen molar-refractivity contribution in [1.29, 1.82) is 5.41 Å². The van der Waals surface area contributed by atoms with Crippen LogP contribution in [0.15, 0.2) is 60.4 Å². The van der Waals surface area contributed by atoms with Crippen LogP contribution in [0.5, 0.6) is 0 Å². The number of benzene rings is 2. The summed E-state index contributed by atoms with van der Waals surface area (Å²) < 4.78 is 31.4. The zero-order valence-electron chi connectivity index (χ0n) is 17.9. The predicted molar refractivity (Wildman–Crippen MR) is 122 cm³/mol. The van der Waals surface area contributed by atoms with Gasteiger partial charge in [0.2, 0.25) is 5.91 Å². The molecule has 0 aromatic heterocycles. The van der Waals surface area contributed by atoms with Crippen LogP contribution in [-0.2, 0) is 9.53 Å². The Bertz CT molecular complexity index is 1090. The molecule has 2 unspecified atom stereocenters. The van der Waals surface area contributed by atoms with Gasteiger partial charge in [-0.1, -0.05) is 41.9 Å². The third kappa shape index (κ3) is 6.07. The summed E-state index contributed by atoms with van der Waals surface area (Å²) >= 11 is 6.14. The van der Waals surface area contributed by atoms with Gasteiger partial charge in [0.25, 0.3) is 5.92 Å². The van der Waals surface area contributed by atoms with Gasteiger partial charge >= 0.3 is 6.09 Å². The minimum atomic E-state index is -2.94. The molecule has 1 aliphatic carbocycles. The van der Waals surface area contributed by atoms with Crippen molar-refractivity contribution in [3.05, 3.63) is 76.6 Å². The monoisotopic (exact) mass is 476 g/mol. The first-order chi connectivity index (χ1) is 15.6. The lowest BCUT2D eigenvalue weighted by Gasteiger charge is -2.17. The molecule has 174 valence electrons. The minimum absolute atomic E-state index is 0.0294. The molecule has 0 aliphatic heterocycles. The van der Waals surface area contributed by atoms with E-state index in [1.807, 2.05) is 0 Å². The molecule has 0 saturated heterocycles. The molecule has 1 saturated carbocycles. The number of carbonyl (C=O) groups excluding carboxylic acids is 2. The topological polar surface area (TPSA) is 103 Å². The summed E-state index contributed by atoms with van der Waals surface area (Å²) in [5, 5.41) is 16.6. The number of anilines is 1. The lowest BCUT2D eigenvalue weighted by Crippen LogP contribution is -2.30. The number of allylic oxidation sites excluding steroid dienone is 1. The van der Waals surface area contributed by atoms with Crippen molar-refractivity contribution in [2.75, 3.05) is 12.4 Å². The van der Waals surface area contributed by atoms with Crippen LogP contribution in [0, 0.1) is 11.3 Å². The van der Waals surface area contributed by atoms with Crippen molar-refractivity contribution in [2.24, 2.45) is 5.92 Å². The largest absolute Gasteiger partial charge is 0.441 e. The van der Waals surface area contributed by atoms with Crippen LogP contribution in [0.3, 0.4) is 0 Å². The van der Waals surface area contributed by atoms with E-state index in [0.29, 0.717) is 21.8 Å². The smallest absolute Gasteiger partial charge is 0.412 e. The molecule has 2 aromatic carbocycles. The lowest BCUT2D eigenvalue weighted by molar-refractivity contribution is -0.119. The van der Waals surface area contributed by atoms with E-state index in [-0.39, 0.29) is 11.4 Å². The third-order valence-corrected chi connectivity index (χ3v) is 5.35. The Labute approximate surface area is 194 Å². The normalized spacial score (nSPS) is 17.5. The third-order valence-electron chi connectivity index (χ3n) is 5.01. The predicted octanol–water partition coefficient (Wildman–Crippen LogP) is 4.85. The van der Waals surface area contributed by atoms with E-state index in [1.54, 1.807) is 38.2 Å². The van der Waals surface area contributed by atoms with Crippen molar-refractivity contribution in [3.8, 4) is 0 Å². The highest BCUT2D eigenvalue weighted by atomic mass is 35.5. The van der Waals surface area contributed by atoms with Gasteiger partial charge in [0.05, 0.1) is 11.4 Å². The highest BCUT2D eigenvalue weighted by Gasteiger charge is 2.61. The van der Waals surface area contributed by atoms with Gasteiger partial charge in [0, 0.05) is 41.5 Å². The van der Waals surface area contributed by atoms with Crippen LogP contribution < -0.4 is 16.0 Å². The fraction of sp³-hybridized carbons (Fsp3) is 0.261. The van der Waals surface area contributed by atoms with Gasteiger partial charge in [-0.3, -0.25) is 15.5 Å². The molecule has 0 spiro atoms. The van der Waals surface area contributed by atoms with Crippen molar-refractivity contribution < 1.29 is 23.1 Å². The van der Waals surface area contributed by atoms with E-state index in [2.05, 4.69) is 16.0 Å². The highest BCUT2D eigenvalue weighted by molar-refractivity contribution is 6.31. The number of alkyl halides is 2. The molecule has 2 aromatic rings. The molecule has 10 heteroatoms. The first-order valence-electron chi connectivity index (χ1n) is 10.1. The molecule has 4 N–H and O–H groups in total. The number of nitrogens with one attached hydrogen (secondary N) is 4. The molecule has 1 fully saturated rings. The average Bonchev–Trinajstić information content (AvgIpc) is 3.42. The van der Waals surface area contributed by atoms with Gasteiger partial charge in [0.15, 0.2) is 0 Å². The molecule has 33 heavy (non-hydrogen) atoms. The Kier molecular flexibility index (Phi) is 7.33. The Hall–Kier alpha value is -3.46. The van der Waals surface area contributed by atoms with Crippen molar-refractivity contribution in [1.82, 2.24) is 10.6 Å². The summed E-state index contributed by atoms with van der Waals surface area (Å²) in [6, 6.07) is 13.1. The number of hydrogen-bond acceptors (Lipinski definition) is 5. The van der Waals surface area contributed by atoms with E-state index >= 15 is 0 Å². The van der Waals surface area contributed by atoms with E-state index in [0.717, 1.165) is 0 Å². The molecule has 1 aliphatic rings. The first kappa shape index (κ1) is 24.2. The SMILES string of the molecule is CN/C=C(/NC(=O)OC(C)c1ccccc1Cl)C(=N)c1ccc(NC(=O)C2CC2(F)F)cc1. The van der Waals surface area contributed by atoms with Crippen molar-refractivity contribution >= 4 is 35.0 Å². The number of carbonyl (C=O) groups is 2. The number of hydrogen-bond donors (Lipinski definition) is 4. The maximum absolute atomic E-state index is 13.0. The van der Waals surface area contributed by atoms with Gasteiger partial charge < -0.3 is 15.4 Å². The summed E-state index contributed by atoms with van der Waals surface area (Å²) in [5.41, 5.74) is 1.51. The van der Waals surface area contributed by atoms with E-state index in [9.17, 15) is 18.4 Å². The molecule has 0 bridgehead atoms. The van der Waals surface area contributed by atoms with E-state index in [4.69, 9.17) is 21.7 Å². The summed E-state index contributed by atoms with van der Waals surface area (Å²) in [6.07, 6.45) is -0.418. The van der Waals surface area contributed by atoms with Gasteiger partial charge in [-0.05, 0) is 25.1 Å². The molecule has 0 radical (unpaired) electrons. The zero-order chi connectivity index (χ0) is 24.2. The summed E-state index contributed by atoms with van der Waals surface area (Å²) in [7, 11) is 1.61.